The quantitative estimate of drug-likeness (QED) is 0.819. The molecule has 0 aliphatic heterocycles. The highest BCUT2D eigenvalue weighted by atomic mass is 32.1. The van der Waals surface area contributed by atoms with Crippen molar-refractivity contribution in [3.63, 3.8) is 0 Å². The molecule has 0 atom stereocenters. The lowest BCUT2D eigenvalue weighted by Gasteiger charge is -1.99. The van der Waals surface area contributed by atoms with Crippen molar-refractivity contribution in [2.45, 2.75) is 13.3 Å². The molecular weight excluding hydrogens is 254 g/mol. The van der Waals surface area contributed by atoms with Crippen molar-refractivity contribution in [1.82, 2.24) is 9.97 Å². The molecule has 2 rings (SSSR count). The molecule has 92 valence electrons. The number of aryl methyl sites for hydroxylation is 1. The van der Waals surface area contributed by atoms with E-state index in [1.807, 2.05) is 6.20 Å². The van der Waals surface area contributed by atoms with Crippen molar-refractivity contribution >= 4 is 27.8 Å². The Morgan fingerprint density at radius 2 is 2.35 bits per heavy atom. The van der Waals surface area contributed by atoms with Gasteiger partial charge >= 0.3 is 0 Å². The van der Waals surface area contributed by atoms with Crippen LogP contribution >= 0.6 is 22.7 Å². The van der Waals surface area contributed by atoms with Crippen LogP contribution in [0.1, 0.15) is 11.9 Å². The van der Waals surface area contributed by atoms with Gasteiger partial charge in [0, 0.05) is 25.2 Å². The Kier molecular flexibility index (Phi) is 4.47. The van der Waals surface area contributed by atoms with Gasteiger partial charge in [0.25, 0.3) is 0 Å². The highest BCUT2D eigenvalue weighted by Crippen LogP contribution is 2.29. The first-order valence-corrected chi connectivity index (χ1v) is 7.16. The number of nitrogens with zero attached hydrogens (tertiary/aromatic N) is 2. The Morgan fingerprint density at radius 3 is 3.06 bits per heavy atom. The van der Waals surface area contributed by atoms with Crippen LogP contribution in [-0.4, -0.2) is 30.2 Å². The van der Waals surface area contributed by atoms with Gasteiger partial charge in [-0.25, -0.2) is 9.97 Å². The Morgan fingerprint density at radius 1 is 1.47 bits per heavy atom. The molecule has 17 heavy (non-hydrogen) atoms. The summed E-state index contributed by atoms with van der Waals surface area (Å²) in [7, 11) is 1.69. The van der Waals surface area contributed by atoms with Gasteiger partial charge in [-0.05, 0) is 6.42 Å². The maximum Gasteiger partial charge on any atom is 0.183 e. The van der Waals surface area contributed by atoms with Crippen molar-refractivity contribution < 1.29 is 4.74 Å². The molecule has 0 fully saturated rings. The van der Waals surface area contributed by atoms with Crippen LogP contribution in [0.2, 0.25) is 0 Å². The van der Waals surface area contributed by atoms with Gasteiger partial charge in [-0.2, -0.15) is 0 Å². The molecule has 4 nitrogen and oxygen atoms in total. The first-order chi connectivity index (χ1) is 8.33. The second kappa shape index (κ2) is 6.09. The van der Waals surface area contributed by atoms with Crippen LogP contribution in [0.25, 0.3) is 10.6 Å². The van der Waals surface area contributed by atoms with Gasteiger partial charge in [0.2, 0.25) is 0 Å². The summed E-state index contributed by atoms with van der Waals surface area (Å²) in [5, 5.41) is 7.37. The molecule has 0 amide bonds. The number of nitrogens with one attached hydrogen (secondary N) is 1. The molecule has 2 heterocycles. The van der Waals surface area contributed by atoms with Crippen LogP contribution in [0.4, 0.5) is 5.13 Å². The van der Waals surface area contributed by atoms with E-state index in [9.17, 15) is 0 Å². The van der Waals surface area contributed by atoms with Gasteiger partial charge in [-0.1, -0.05) is 6.92 Å². The third kappa shape index (κ3) is 3.24. The van der Waals surface area contributed by atoms with Crippen LogP contribution in [0.3, 0.4) is 0 Å². The Bertz CT molecular complexity index is 467. The molecule has 1 N–H and O–H groups in total. The Hall–Kier alpha value is -0.980. The van der Waals surface area contributed by atoms with Crippen molar-refractivity contribution in [2.24, 2.45) is 0 Å². The van der Waals surface area contributed by atoms with E-state index >= 15 is 0 Å². The van der Waals surface area contributed by atoms with Crippen LogP contribution in [0, 0.1) is 0 Å². The molecule has 0 aromatic carbocycles. The summed E-state index contributed by atoms with van der Waals surface area (Å²) < 4.78 is 4.98. The fourth-order valence-electron chi connectivity index (χ4n) is 1.32. The summed E-state index contributed by atoms with van der Waals surface area (Å²) in [5.74, 6) is 0. The average molecular weight is 269 g/mol. The molecule has 2 aromatic heterocycles. The monoisotopic (exact) mass is 269 g/mol. The highest BCUT2D eigenvalue weighted by molar-refractivity contribution is 7.16. The minimum absolute atomic E-state index is 0.690. The molecule has 2 aromatic rings. The smallest absolute Gasteiger partial charge is 0.183 e. The molecule has 0 spiro atoms. The molecule has 0 unspecified atom stereocenters. The van der Waals surface area contributed by atoms with E-state index in [0.717, 1.165) is 33.7 Å². The molecular formula is C11H15N3OS2. The zero-order chi connectivity index (χ0) is 12.1. The number of anilines is 1. The summed E-state index contributed by atoms with van der Waals surface area (Å²) in [5.41, 5.74) is 1.01. The summed E-state index contributed by atoms with van der Waals surface area (Å²) in [6.45, 7) is 3.59. The SMILES string of the molecule is CCc1ncc(-c2csc(NCCOC)n2)s1. The van der Waals surface area contributed by atoms with Gasteiger partial charge in [0.15, 0.2) is 5.13 Å². The van der Waals surface area contributed by atoms with E-state index in [1.165, 1.54) is 0 Å². The summed E-state index contributed by atoms with van der Waals surface area (Å²) in [6, 6.07) is 0. The first kappa shape index (κ1) is 12.5. The summed E-state index contributed by atoms with van der Waals surface area (Å²) >= 11 is 3.32. The lowest BCUT2D eigenvalue weighted by atomic mass is 10.4. The zero-order valence-corrected chi connectivity index (χ0v) is 11.5. The highest BCUT2D eigenvalue weighted by Gasteiger charge is 2.07. The fraction of sp³-hybridized carbons (Fsp3) is 0.455. The number of thiazole rings is 2. The topological polar surface area (TPSA) is 47.0 Å². The van der Waals surface area contributed by atoms with Crippen molar-refractivity contribution in [3.05, 3.63) is 16.6 Å². The minimum Gasteiger partial charge on any atom is -0.383 e. The predicted molar refractivity (Wildman–Crippen MR) is 73.0 cm³/mol. The number of methoxy groups -OCH3 is 1. The van der Waals surface area contributed by atoms with Crippen LogP contribution in [-0.2, 0) is 11.2 Å². The van der Waals surface area contributed by atoms with Gasteiger partial charge in [-0.3, -0.25) is 0 Å². The van der Waals surface area contributed by atoms with E-state index in [-0.39, 0.29) is 0 Å². The number of aromatic nitrogens is 2. The lowest BCUT2D eigenvalue weighted by Crippen LogP contribution is -2.06. The van der Waals surface area contributed by atoms with Gasteiger partial charge in [0.05, 0.1) is 22.2 Å². The third-order valence-electron chi connectivity index (χ3n) is 2.20. The standard InChI is InChI=1S/C11H15N3OS2/c1-3-10-13-6-9(17-10)8-7-16-11(14-8)12-4-5-15-2/h6-7H,3-5H2,1-2H3,(H,12,14). The average Bonchev–Trinajstić information content (AvgIpc) is 2.97. The van der Waals surface area contributed by atoms with Gasteiger partial charge < -0.3 is 10.1 Å². The van der Waals surface area contributed by atoms with Crippen LogP contribution < -0.4 is 5.32 Å². The molecule has 0 saturated heterocycles. The van der Waals surface area contributed by atoms with Crippen molar-refractivity contribution in [2.75, 3.05) is 25.6 Å². The number of hydrogen-bond donors (Lipinski definition) is 1. The fourth-order valence-corrected chi connectivity index (χ4v) is 2.95. The van der Waals surface area contributed by atoms with Crippen molar-refractivity contribution in [1.29, 1.82) is 0 Å². The van der Waals surface area contributed by atoms with E-state index in [1.54, 1.807) is 29.8 Å². The normalized spacial score (nSPS) is 10.7. The van der Waals surface area contributed by atoms with Crippen LogP contribution in [0.5, 0.6) is 0 Å². The molecule has 0 saturated carbocycles. The van der Waals surface area contributed by atoms with Crippen LogP contribution in [0.15, 0.2) is 11.6 Å². The number of hydrogen-bond acceptors (Lipinski definition) is 6. The van der Waals surface area contributed by atoms with E-state index in [4.69, 9.17) is 4.74 Å². The zero-order valence-electron chi connectivity index (χ0n) is 9.90. The summed E-state index contributed by atoms with van der Waals surface area (Å²) in [4.78, 5) is 10.00. The molecule has 0 aliphatic rings. The molecule has 0 bridgehead atoms. The van der Waals surface area contributed by atoms with Crippen molar-refractivity contribution in [3.8, 4) is 10.6 Å². The summed E-state index contributed by atoms with van der Waals surface area (Å²) in [6.07, 6.45) is 2.88. The van der Waals surface area contributed by atoms with Gasteiger partial charge in [0.1, 0.15) is 0 Å². The van der Waals surface area contributed by atoms with Gasteiger partial charge in [-0.15, -0.1) is 22.7 Å². The third-order valence-corrected chi connectivity index (χ3v) is 4.16. The molecule has 6 heteroatoms. The predicted octanol–water partition coefficient (Wildman–Crippen LogP) is 2.89. The maximum atomic E-state index is 4.98. The second-order valence-electron chi connectivity index (χ2n) is 3.43. The van der Waals surface area contributed by atoms with E-state index in [0.29, 0.717) is 6.61 Å². The number of ether oxygens (including phenoxy) is 1. The van der Waals surface area contributed by atoms with E-state index < -0.39 is 0 Å². The van der Waals surface area contributed by atoms with E-state index in [2.05, 4.69) is 27.6 Å². The number of rotatable bonds is 6. The maximum absolute atomic E-state index is 4.98. The molecule has 0 radical (unpaired) electrons. The molecule has 0 aliphatic carbocycles. The first-order valence-electron chi connectivity index (χ1n) is 5.47. The lowest BCUT2D eigenvalue weighted by molar-refractivity contribution is 0.211. The second-order valence-corrected chi connectivity index (χ2v) is 5.40. The Labute approximate surface area is 109 Å². The Balaban J connectivity index is 2.02. The minimum atomic E-state index is 0.690. The largest absolute Gasteiger partial charge is 0.383 e.